The van der Waals surface area contributed by atoms with Gasteiger partial charge in [0.05, 0.1) is 11.1 Å². The molecule has 0 N–H and O–H groups in total. The van der Waals surface area contributed by atoms with Gasteiger partial charge in [-0.15, -0.1) is 22.7 Å². The van der Waals surface area contributed by atoms with Crippen LogP contribution in [0, 0.1) is 13.8 Å². The van der Waals surface area contributed by atoms with E-state index >= 15 is 0 Å². The van der Waals surface area contributed by atoms with E-state index in [0.29, 0.717) is 17.1 Å². The molecule has 0 radical (unpaired) electrons. The van der Waals surface area contributed by atoms with Crippen LogP contribution in [0.1, 0.15) is 21.6 Å². The topological polar surface area (TPSA) is 55.2 Å². The van der Waals surface area contributed by atoms with E-state index in [4.69, 9.17) is 4.98 Å². The summed E-state index contributed by atoms with van der Waals surface area (Å²) >= 11 is 4.59. The largest absolute Gasteiger partial charge is 0.337 e. The summed E-state index contributed by atoms with van der Waals surface area (Å²) in [6.07, 6.45) is 0.919. The zero-order chi connectivity index (χ0) is 22.4. The van der Waals surface area contributed by atoms with Crippen LogP contribution in [0.5, 0.6) is 0 Å². The predicted molar refractivity (Wildman–Crippen MR) is 134 cm³/mol. The molecule has 1 aliphatic rings. The zero-order valence-electron chi connectivity index (χ0n) is 18.2. The monoisotopic (exact) mass is 481 g/mol. The maximum atomic E-state index is 13.2. The van der Waals surface area contributed by atoms with Gasteiger partial charge in [-0.25, -0.2) is 4.98 Å². The molecule has 4 aromatic rings. The number of aryl methyl sites for hydroxylation is 2. The molecule has 164 valence electrons. The lowest BCUT2D eigenvalue weighted by Gasteiger charge is -2.26. The van der Waals surface area contributed by atoms with E-state index in [0.717, 1.165) is 28.9 Å². The van der Waals surface area contributed by atoms with Gasteiger partial charge in [-0.3, -0.25) is 14.2 Å². The molecule has 0 saturated carbocycles. The van der Waals surface area contributed by atoms with Crippen LogP contribution in [-0.4, -0.2) is 32.7 Å². The summed E-state index contributed by atoms with van der Waals surface area (Å²) < 4.78 is 1.57. The first-order valence-electron chi connectivity index (χ1n) is 10.4. The Morgan fingerprint density at radius 1 is 1.19 bits per heavy atom. The van der Waals surface area contributed by atoms with Gasteiger partial charge in [0.2, 0.25) is 5.91 Å². The molecular weight excluding hydrogens is 458 g/mol. The van der Waals surface area contributed by atoms with Crippen LogP contribution in [0.15, 0.2) is 45.0 Å². The number of thiophene rings is 2. The lowest BCUT2D eigenvalue weighted by Crippen LogP contribution is -2.36. The average molecular weight is 482 g/mol. The van der Waals surface area contributed by atoms with E-state index in [2.05, 4.69) is 43.5 Å². The third-order valence-corrected chi connectivity index (χ3v) is 8.99. The Balaban J connectivity index is 1.39. The summed E-state index contributed by atoms with van der Waals surface area (Å²) in [5, 5.41) is 5.33. The zero-order valence-corrected chi connectivity index (χ0v) is 20.6. The number of fused-ring (bicyclic) bond motifs is 2. The van der Waals surface area contributed by atoms with Crippen LogP contribution in [-0.2, 0) is 24.8 Å². The smallest absolute Gasteiger partial charge is 0.263 e. The minimum atomic E-state index is -0.0692. The second-order valence-electron chi connectivity index (χ2n) is 8.11. The van der Waals surface area contributed by atoms with Crippen molar-refractivity contribution in [3.05, 3.63) is 66.9 Å². The van der Waals surface area contributed by atoms with Crippen LogP contribution in [0.2, 0.25) is 0 Å². The van der Waals surface area contributed by atoms with Crippen molar-refractivity contribution in [3.8, 4) is 11.1 Å². The van der Waals surface area contributed by atoms with Crippen molar-refractivity contribution < 1.29 is 4.79 Å². The molecule has 1 aromatic carbocycles. The third-order valence-electron chi connectivity index (χ3n) is 6.08. The average Bonchev–Trinajstić information content (AvgIpc) is 3.43. The molecule has 0 unspecified atom stereocenters. The highest BCUT2D eigenvalue weighted by molar-refractivity contribution is 7.99. The number of benzene rings is 1. The fourth-order valence-corrected chi connectivity index (χ4v) is 6.74. The Labute approximate surface area is 198 Å². The van der Waals surface area contributed by atoms with Crippen LogP contribution < -0.4 is 5.56 Å². The Morgan fingerprint density at radius 2 is 2.03 bits per heavy atom. The second kappa shape index (κ2) is 8.50. The summed E-state index contributed by atoms with van der Waals surface area (Å²) in [7, 11) is 1.74. The van der Waals surface area contributed by atoms with Gasteiger partial charge in [-0.2, -0.15) is 0 Å². The van der Waals surface area contributed by atoms with Crippen molar-refractivity contribution in [2.24, 2.45) is 7.05 Å². The number of hydrogen-bond donors (Lipinski definition) is 0. The highest BCUT2D eigenvalue weighted by atomic mass is 32.2. The van der Waals surface area contributed by atoms with Crippen molar-refractivity contribution in [1.82, 2.24) is 14.5 Å². The normalized spacial score (nSPS) is 13.5. The molecule has 0 bridgehead atoms. The molecule has 5 nitrogen and oxygen atoms in total. The molecule has 0 aliphatic carbocycles. The van der Waals surface area contributed by atoms with Crippen LogP contribution in [0.25, 0.3) is 21.3 Å². The number of thioether (sulfide) groups is 1. The van der Waals surface area contributed by atoms with Gasteiger partial charge < -0.3 is 4.90 Å². The van der Waals surface area contributed by atoms with Crippen molar-refractivity contribution in [1.29, 1.82) is 0 Å². The molecule has 0 spiro atoms. The van der Waals surface area contributed by atoms with Gasteiger partial charge in [0.1, 0.15) is 4.83 Å². The van der Waals surface area contributed by atoms with Crippen molar-refractivity contribution in [2.75, 3.05) is 12.3 Å². The fourth-order valence-electron chi connectivity index (χ4n) is 3.98. The third kappa shape index (κ3) is 3.80. The number of carbonyl (C=O) groups excluding carboxylic acids is 1. The molecule has 32 heavy (non-hydrogen) atoms. The summed E-state index contributed by atoms with van der Waals surface area (Å²) in [4.78, 5) is 34.8. The van der Waals surface area contributed by atoms with Crippen LogP contribution in [0.3, 0.4) is 0 Å². The quantitative estimate of drug-likeness (QED) is 0.303. The van der Waals surface area contributed by atoms with Gasteiger partial charge in [-0.05, 0) is 54.0 Å². The van der Waals surface area contributed by atoms with E-state index in [1.54, 1.807) is 23.0 Å². The lowest BCUT2D eigenvalue weighted by molar-refractivity contribution is -0.129. The minimum absolute atomic E-state index is 0.0692. The lowest BCUT2D eigenvalue weighted by atomic mass is 10.0. The van der Waals surface area contributed by atoms with Gasteiger partial charge in [0.25, 0.3) is 5.56 Å². The van der Waals surface area contributed by atoms with Crippen molar-refractivity contribution >= 4 is 50.6 Å². The maximum Gasteiger partial charge on any atom is 0.263 e. The number of hydrogen-bond acceptors (Lipinski definition) is 6. The highest BCUT2D eigenvalue weighted by Gasteiger charge is 2.22. The first-order valence-corrected chi connectivity index (χ1v) is 13.2. The van der Waals surface area contributed by atoms with E-state index in [1.165, 1.54) is 44.7 Å². The van der Waals surface area contributed by atoms with E-state index < -0.39 is 0 Å². The number of carbonyl (C=O) groups is 1. The Hall–Kier alpha value is -2.42. The van der Waals surface area contributed by atoms with Gasteiger partial charge >= 0.3 is 0 Å². The maximum absolute atomic E-state index is 13.2. The SMILES string of the molecule is Cc1ccc(-c2csc3nc(SCC(=O)N4CCc5sccc5C4)n(C)c(=O)c23)cc1C. The predicted octanol–water partition coefficient (Wildman–Crippen LogP) is 5.02. The Kier molecular flexibility index (Phi) is 5.69. The van der Waals surface area contributed by atoms with Gasteiger partial charge in [0, 0.05) is 36.0 Å². The second-order valence-corrected chi connectivity index (χ2v) is 10.9. The highest BCUT2D eigenvalue weighted by Crippen LogP contribution is 2.33. The number of rotatable bonds is 4. The summed E-state index contributed by atoms with van der Waals surface area (Å²) in [6.45, 7) is 5.59. The summed E-state index contributed by atoms with van der Waals surface area (Å²) in [5.74, 6) is 0.365. The molecular formula is C24H23N3O2S3. The molecule has 4 heterocycles. The van der Waals surface area contributed by atoms with E-state index in [-0.39, 0.29) is 17.2 Å². The number of aromatic nitrogens is 2. The number of amides is 1. The van der Waals surface area contributed by atoms with Gasteiger partial charge in [-0.1, -0.05) is 30.0 Å². The van der Waals surface area contributed by atoms with Crippen molar-refractivity contribution in [3.63, 3.8) is 0 Å². The molecule has 3 aromatic heterocycles. The van der Waals surface area contributed by atoms with Crippen molar-refractivity contribution in [2.45, 2.75) is 32.0 Å². The standard InChI is InChI=1S/C24H23N3O2S3/c1-14-4-5-16(10-15(14)2)18-12-31-22-21(18)23(29)26(3)24(25-22)32-13-20(28)27-8-6-19-17(11-27)7-9-30-19/h4-5,7,9-10,12H,6,8,11,13H2,1-3H3. The molecule has 5 rings (SSSR count). The molecule has 0 fully saturated rings. The molecule has 0 saturated heterocycles. The minimum Gasteiger partial charge on any atom is -0.337 e. The molecule has 1 aliphatic heterocycles. The Bertz CT molecular complexity index is 1400. The molecule has 1 amide bonds. The van der Waals surface area contributed by atoms with E-state index in [9.17, 15) is 9.59 Å². The first-order chi connectivity index (χ1) is 15.4. The number of nitrogens with zero attached hydrogens (tertiary/aromatic N) is 3. The van der Waals surface area contributed by atoms with Crippen LogP contribution in [0.4, 0.5) is 0 Å². The summed E-state index contributed by atoms with van der Waals surface area (Å²) in [6, 6.07) is 8.37. The van der Waals surface area contributed by atoms with E-state index in [1.807, 2.05) is 10.3 Å². The molecule has 8 heteroatoms. The Morgan fingerprint density at radius 3 is 2.84 bits per heavy atom. The van der Waals surface area contributed by atoms with Gasteiger partial charge in [0.15, 0.2) is 5.16 Å². The fraction of sp³-hybridized carbons (Fsp3) is 0.292. The first kappa shape index (κ1) is 21.4. The summed E-state index contributed by atoms with van der Waals surface area (Å²) in [5.41, 5.74) is 5.57. The van der Waals surface area contributed by atoms with Crippen LogP contribution >= 0.6 is 34.4 Å². The molecule has 0 atom stereocenters.